The lowest BCUT2D eigenvalue weighted by Crippen LogP contribution is -2.34. The third-order valence-corrected chi connectivity index (χ3v) is 4.55. The normalized spacial score (nSPS) is 19.8. The van der Waals surface area contributed by atoms with Crippen LogP contribution in [0.25, 0.3) is 10.9 Å². The molecule has 0 amide bonds. The van der Waals surface area contributed by atoms with Crippen molar-refractivity contribution in [3.8, 4) is 0 Å². The van der Waals surface area contributed by atoms with Crippen molar-refractivity contribution >= 4 is 10.9 Å². The molecule has 3 aromatic rings. The fourth-order valence-electron chi connectivity index (χ4n) is 3.47. The summed E-state index contributed by atoms with van der Waals surface area (Å²) in [6.07, 6.45) is 4.41. The van der Waals surface area contributed by atoms with E-state index in [9.17, 15) is 0 Å². The van der Waals surface area contributed by atoms with Crippen LogP contribution >= 0.6 is 0 Å². The predicted molar refractivity (Wildman–Crippen MR) is 86.7 cm³/mol. The topological polar surface area (TPSA) is 60.6 Å². The van der Waals surface area contributed by atoms with Crippen LogP contribution in [0.5, 0.6) is 0 Å². The van der Waals surface area contributed by atoms with Gasteiger partial charge in [0.2, 0.25) is 0 Å². The maximum Gasteiger partial charge on any atom is 0.155 e. The number of para-hydroxylation sites is 1. The molecule has 0 saturated carbocycles. The number of aromatic amines is 2. The third kappa shape index (κ3) is 2.52. The maximum absolute atomic E-state index is 4.52. The van der Waals surface area contributed by atoms with Crippen LogP contribution in [0.15, 0.2) is 30.5 Å². The van der Waals surface area contributed by atoms with Crippen LogP contribution in [0.2, 0.25) is 0 Å². The molecule has 2 aromatic heterocycles. The largest absolute Gasteiger partial charge is 0.361 e. The van der Waals surface area contributed by atoms with Gasteiger partial charge in [-0.05, 0) is 43.3 Å². The van der Waals surface area contributed by atoms with Gasteiger partial charge < -0.3 is 4.98 Å². The van der Waals surface area contributed by atoms with Gasteiger partial charge in [0.15, 0.2) is 5.82 Å². The molecule has 1 saturated heterocycles. The first-order chi connectivity index (χ1) is 10.8. The van der Waals surface area contributed by atoms with Crippen LogP contribution < -0.4 is 0 Å². The van der Waals surface area contributed by atoms with Gasteiger partial charge in [-0.2, -0.15) is 5.10 Å². The lowest BCUT2D eigenvalue weighted by Gasteiger charge is -2.31. The number of nitrogens with one attached hydrogen (secondary N) is 2. The summed E-state index contributed by atoms with van der Waals surface area (Å²) in [4.78, 5) is 10.4. The van der Waals surface area contributed by atoms with E-state index < -0.39 is 0 Å². The molecular weight excluding hydrogens is 274 g/mol. The minimum Gasteiger partial charge on any atom is -0.361 e. The van der Waals surface area contributed by atoms with Crippen LogP contribution in [0.1, 0.15) is 36.0 Å². The number of H-pyrrole nitrogens is 2. The first-order valence-electron chi connectivity index (χ1n) is 7.96. The monoisotopic (exact) mass is 295 g/mol. The van der Waals surface area contributed by atoms with E-state index in [0.29, 0.717) is 5.92 Å². The number of piperidine rings is 1. The molecule has 1 atom stereocenters. The second kappa shape index (κ2) is 5.57. The molecule has 2 N–H and O–H groups in total. The number of aryl methyl sites for hydroxylation is 1. The van der Waals surface area contributed by atoms with Gasteiger partial charge in [-0.15, -0.1) is 0 Å². The number of nitrogens with zero attached hydrogens (tertiary/aromatic N) is 3. The molecule has 0 bridgehead atoms. The van der Waals surface area contributed by atoms with Crippen LogP contribution in [-0.2, 0) is 6.54 Å². The number of likely N-dealkylation sites (tertiary alicyclic amines) is 1. The molecule has 1 aromatic carbocycles. The van der Waals surface area contributed by atoms with Gasteiger partial charge >= 0.3 is 0 Å². The fraction of sp³-hybridized carbons (Fsp3) is 0.412. The summed E-state index contributed by atoms with van der Waals surface area (Å²) >= 11 is 0. The number of hydrogen-bond acceptors (Lipinski definition) is 3. The van der Waals surface area contributed by atoms with Crippen molar-refractivity contribution in [2.75, 3.05) is 13.1 Å². The summed E-state index contributed by atoms with van der Waals surface area (Å²) < 4.78 is 0. The molecule has 0 spiro atoms. The minimum absolute atomic E-state index is 0.446. The van der Waals surface area contributed by atoms with E-state index in [1.807, 2.05) is 13.1 Å². The quantitative estimate of drug-likeness (QED) is 0.781. The molecule has 5 heteroatoms. The number of benzene rings is 1. The van der Waals surface area contributed by atoms with Crippen LogP contribution in [-0.4, -0.2) is 38.2 Å². The Bertz CT molecular complexity index is 772. The number of fused-ring (bicyclic) bond motifs is 1. The second-order valence-electron chi connectivity index (χ2n) is 6.21. The number of rotatable bonds is 3. The summed E-state index contributed by atoms with van der Waals surface area (Å²) in [5.41, 5.74) is 2.63. The molecule has 3 heterocycles. The van der Waals surface area contributed by atoms with E-state index in [1.54, 1.807) is 0 Å². The Kier molecular flexibility index (Phi) is 3.42. The molecule has 22 heavy (non-hydrogen) atoms. The zero-order valence-corrected chi connectivity index (χ0v) is 12.8. The Balaban J connectivity index is 1.52. The molecule has 4 rings (SSSR count). The standard InChI is InChI=1S/C17H21N5/c1-12-19-17(21-20-12)15-6-3-9-22(11-15)10-14-5-2-4-13-7-8-18-16(13)14/h2,4-5,7-8,15,18H,3,6,9-11H2,1H3,(H,19,20,21)/t15-/m0/s1. The van der Waals surface area contributed by atoms with Crippen LogP contribution in [0.4, 0.5) is 0 Å². The highest BCUT2D eigenvalue weighted by atomic mass is 15.2. The minimum atomic E-state index is 0.446. The molecule has 114 valence electrons. The second-order valence-corrected chi connectivity index (χ2v) is 6.21. The van der Waals surface area contributed by atoms with E-state index in [1.165, 1.54) is 29.3 Å². The summed E-state index contributed by atoms with van der Waals surface area (Å²) in [7, 11) is 0. The third-order valence-electron chi connectivity index (χ3n) is 4.55. The Morgan fingerprint density at radius 3 is 3.14 bits per heavy atom. The molecule has 0 radical (unpaired) electrons. The highest BCUT2D eigenvalue weighted by molar-refractivity contribution is 5.82. The Morgan fingerprint density at radius 1 is 1.32 bits per heavy atom. The van der Waals surface area contributed by atoms with Gasteiger partial charge in [0.1, 0.15) is 5.82 Å². The summed E-state index contributed by atoms with van der Waals surface area (Å²) in [6.45, 7) is 5.13. The maximum atomic E-state index is 4.52. The fourth-order valence-corrected chi connectivity index (χ4v) is 3.47. The summed E-state index contributed by atoms with van der Waals surface area (Å²) in [5, 5.41) is 8.61. The Hall–Kier alpha value is -2.14. The van der Waals surface area contributed by atoms with Crippen molar-refractivity contribution in [2.45, 2.75) is 32.2 Å². The van der Waals surface area contributed by atoms with Gasteiger partial charge in [0, 0.05) is 30.7 Å². The van der Waals surface area contributed by atoms with Gasteiger partial charge in [-0.3, -0.25) is 10.00 Å². The molecule has 1 aliphatic rings. The number of aromatic nitrogens is 4. The van der Waals surface area contributed by atoms with Gasteiger partial charge in [-0.1, -0.05) is 18.2 Å². The van der Waals surface area contributed by atoms with E-state index >= 15 is 0 Å². The summed E-state index contributed by atoms with van der Waals surface area (Å²) in [5.74, 6) is 2.32. The molecule has 5 nitrogen and oxygen atoms in total. The highest BCUT2D eigenvalue weighted by Crippen LogP contribution is 2.26. The van der Waals surface area contributed by atoms with Gasteiger partial charge in [-0.25, -0.2) is 4.98 Å². The lowest BCUT2D eigenvalue weighted by molar-refractivity contribution is 0.197. The van der Waals surface area contributed by atoms with E-state index in [4.69, 9.17) is 0 Å². The Morgan fingerprint density at radius 2 is 2.27 bits per heavy atom. The molecule has 0 aliphatic carbocycles. The van der Waals surface area contributed by atoms with Crippen molar-refractivity contribution in [1.82, 2.24) is 25.1 Å². The van der Waals surface area contributed by atoms with E-state index in [-0.39, 0.29) is 0 Å². The predicted octanol–water partition coefficient (Wildman–Crippen LogP) is 2.97. The zero-order valence-electron chi connectivity index (χ0n) is 12.8. The van der Waals surface area contributed by atoms with Crippen LogP contribution in [0.3, 0.4) is 0 Å². The highest BCUT2D eigenvalue weighted by Gasteiger charge is 2.24. The average molecular weight is 295 g/mol. The number of hydrogen-bond donors (Lipinski definition) is 2. The first-order valence-corrected chi connectivity index (χ1v) is 7.96. The zero-order chi connectivity index (χ0) is 14.9. The molecular formula is C17H21N5. The molecule has 1 fully saturated rings. The van der Waals surface area contributed by atoms with Gasteiger partial charge in [0.05, 0.1) is 0 Å². The van der Waals surface area contributed by atoms with Crippen molar-refractivity contribution in [2.24, 2.45) is 0 Å². The molecule has 0 unspecified atom stereocenters. The van der Waals surface area contributed by atoms with E-state index in [0.717, 1.165) is 31.3 Å². The van der Waals surface area contributed by atoms with E-state index in [2.05, 4.69) is 49.3 Å². The Labute approximate surface area is 129 Å². The van der Waals surface area contributed by atoms with Crippen LogP contribution in [0, 0.1) is 6.92 Å². The SMILES string of the molecule is Cc1nc([C@H]2CCCN(Cc3cccc4cc[nH]c34)C2)n[nH]1. The van der Waals surface area contributed by atoms with Crippen molar-refractivity contribution < 1.29 is 0 Å². The van der Waals surface area contributed by atoms with Gasteiger partial charge in [0.25, 0.3) is 0 Å². The average Bonchev–Trinajstić information content (AvgIpc) is 3.17. The first kappa shape index (κ1) is 13.5. The van der Waals surface area contributed by atoms with Crippen molar-refractivity contribution in [3.05, 3.63) is 47.7 Å². The smallest absolute Gasteiger partial charge is 0.155 e. The lowest BCUT2D eigenvalue weighted by atomic mass is 9.97. The molecule has 1 aliphatic heterocycles. The van der Waals surface area contributed by atoms with Crippen molar-refractivity contribution in [3.63, 3.8) is 0 Å². The van der Waals surface area contributed by atoms with Crippen molar-refractivity contribution in [1.29, 1.82) is 0 Å². The summed E-state index contributed by atoms with van der Waals surface area (Å²) in [6, 6.07) is 8.66.